The summed E-state index contributed by atoms with van der Waals surface area (Å²) in [6, 6.07) is 4.18. The Morgan fingerprint density at radius 1 is 1.60 bits per heavy atom. The van der Waals surface area contributed by atoms with Crippen LogP contribution >= 0.6 is 27.3 Å². The number of halogens is 1. The Morgan fingerprint density at radius 3 is 2.93 bits per heavy atom. The first-order valence-electron chi connectivity index (χ1n) is 5.58. The van der Waals surface area contributed by atoms with Crippen LogP contribution in [0.1, 0.15) is 37.5 Å². The van der Waals surface area contributed by atoms with Crippen LogP contribution in [-0.4, -0.2) is 10.7 Å². The lowest BCUT2D eigenvalue weighted by Gasteiger charge is -2.21. The molecule has 0 bridgehead atoms. The van der Waals surface area contributed by atoms with E-state index in [2.05, 4.69) is 35.0 Å². The lowest BCUT2D eigenvalue weighted by Crippen LogP contribution is -2.27. The summed E-state index contributed by atoms with van der Waals surface area (Å²) in [6.45, 7) is 2.22. The van der Waals surface area contributed by atoms with Crippen molar-refractivity contribution in [2.45, 2.75) is 44.6 Å². The van der Waals surface area contributed by atoms with Crippen LogP contribution in [0.5, 0.6) is 0 Å². The van der Waals surface area contributed by atoms with Crippen molar-refractivity contribution in [2.24, 2.45) is 5.92 Å². The highest BCUT2D eigenvalue weighted by Crippen LogP contribution is 2.39. The molecular formula is C12H17BrOS. The molecule has 2 unspecified atom stereocenters. The first-order valence-corrected chi connectivity index (χ1v) is 7.19. The summed E-state index contributed by atoms with van der Waals surface area (Å²) < 4.78 is 1.16. The van der Waals surface area contributed by atoms with E-state index < -0.39 is 5.60 Å². The standard InChI is InChI=1S/C12H17BrOS/c1-2-9-5-6-12(14,7-9)8-10-3-4-11(13)15-10/h3-4,9,14H,2,5-8H2,1H3. The summed E-state index contributed by atoms with van der Waals surface area (Å²) in [4.78, 5) is 1.29. The molecule has 0 aromatic carbocycles. The van der Waals surface area contributed by atoms with Gasteiger partial charge in [-0.25, -0.2) is 0 Å². The van der Waals surface area contributed by atoms with Gasteiger partial charge in [0.25, 0.3) is 0 Å². The second-order valence-electron chi connectivity index (χ2n) is 4.62. The summed E-state index contributed by atoms with van der Waals surface area (Å²) >= 11 is 5.20. The topological polar surface area (TPSA) is 20.2 Å². The minimum absolute atomic E-state index is 0.426. The van der Waals surface area contributed by atoms with Crippen LogP contribution < -0.4 is 0 Å². The van der Waals surface area contributed by atoms with Gasteiger partial charge in [0.05, 0.1) is 9.39 Å². The van der Waals surface area contributed by atoms with Crippen LogP contribution in [0, 0.1) is 5.92 Å². The van der Waals surface area contributed by atoms with Gasteiger partial charge in [-0.3, -0.25) is 0 Å². The van der Waals surface area contributed by atoms with Crippen LogP contribution in [0.25, 0.3) is 0 Å². The molecule has 1 heterocycles. The molecule has 0 aliphatic heterocycles. The molecule has 1 aromatic heterocycles. The van der Waals surface area contributed by atoms with E-state index in [1.165, 1.54) is 17.7 Å². The molecule has 15 heavy (non-hydrogen) atoms. The molecule has 1 N–H and O–H groups in total. The smallest absolute Gasteiger partial charge is 0.0701 e. The van der Waals surface area contributed by atoms with E-state index in [1.807, 2.05) is 0 Å². The maximum absolute atomic E-state index is 10.4. The first kappa shape index (κ1) is 11.6. The van der Waals surface area contributed by atoms with Crippen LogP contribution in [0.4, 0.5) is 0 Å². The molecule has 0 amide bonds. The van der Waals surface area contributed by atoms with Crippen molar-refractivity contribution in [3.8, 4) is 0 Å². The van der Waals surface area contributed by atoms with E-state index in [4.69, 9.17) is 0 Å². The molecule has 2 rings (SSSR count). The zero-order valence-corrected chi connectivity index (χ0v) is 11.4. The fourth-order valence-electron chi connectivity index (χ4n) is 2.49. The summed E-state index contributed by atoms with van der Waals surface area (Å²) in [5.74, 6) is 0.735. The minimum atomic E-state index is -0.426. The summed E-state index contributed by atoms with van der Waals surface area (Å²) in [5.41, 5.74) is -0.426. The maximum Gasteiger partial charge on any atom is 0.0701 e. The SMILES string of the molecule is CCC1CCC(O)(Cc2ccc(Br)s2)C1. The van der Waals surface area contributed by atoms with E-state index in [1.54, 1.807) is 11.3 Å². The van der Waals surface area contributed by atoms with Crippen molar-refractivity contribution in [3.05, 3.63) is 20.8 Å². The van der Waals surface area contributed by atoms with E-state index in [0.29, 0.717) is 0 Å². The summed E-state index contributed by atoms with van der Waals surface area (Å²) in [7, 11) is 0. The van der Waals surface area contributed by atoms with Gasteiger partial charge in [-0.2, -0.15) is 0 Å². The maximum atomic E-state index is 10.4. The third kappa shape index (κ3) is 2.83. The Hall–Kier alpha value is 0.140. The van der Waals surface area contributed by atoms with Gasteiger partial charge in [-0.1, -0.05) is 13.3 Å². The van der Waals surface area contributed by atoms with Crippen molar-refractivity contribution in [1.82, 2.24) is 0 Å². The third-order valence-corrected chi connectivity index (χ3v) is 5.02. The quantitative estimate of drug-likeness (QED) is 0.892. The molecule has 1 aromatic rings. The lowest BCUT2D eigenvalue weighted by molar-refractivity contribution is 0.0445. The van der Waals surface area contributed by atoms with Crippen LogP contribution in [0.2, 0.25) is 0 Å². The number of thiophene rings is 1. The number of hydrogen-bond acceptors (Lipinski definition) is 2. The zero-order valence-electron chi connectivity index (χ0n) is 9.00. The van der Waals surface area contributed by atoms with Crippen molar-refractivity contribution >= 4 is 27.3 Å². The zero-order chi connectivity index (χ0) is 10.9. The molecule has 1 fully saturated rings. The Kier molecular flexibility index (Phi) is 3.53. The van der Waals surface area contributed by atoms with Gasteiger partial charge in [0.1, 0.15) is 0 Å². The largest absolute Gasteiger partial charge is 0.390 e. The molecule has 3 heteroatoms. The minimum Gasteiger partial charge on any atom is -0.390 e. The predicted molar refractivity (Wildman–Crippen MR) is 68.3 cm³/mol. The van der Waals surface area contributed by atoms with Gasteiger partial charge in [-0.05, 0) is 53.2 Å². The van der Waals surface area contributed by atoms with Crippen LogP contribution in [-0.2, 0) is 6.42 Å². The van der Waals surface area contributed by atoms with Crippen LogP contribution in [0.3, 0.4) is 0 Å². The molecule has 0 saturated heterocycles. The number of rotatable bonds is 3. The van der Waals surface area contributed by atoms with Crippen molar-refractivity contribution in [1.29, 1.82) is 0 Å². The number of aliphatic hydroxyl groups is 1. The molecule has 0 spiro atoms. The fourth-order valence-corrected chi connectivity index (χ4v) is 4.11. The molecule has 1 aliphatic rings. The predicted octanol–water partition coefficient (Wildman–Crippen LogP) is 3.99. The van der Waals surface area contributed by atoms with Gasteiger partial charge in [0.15, 0.2) is 0 Å². The van der Waals surface area contributed by atoms with Gasteiger partial charge >= 0.3 is 0 Å². The van der Waals surface area contributed by atoms with Crippen LogP contribution in [0.15, 0.2) is 15.9 Å². The molecule has 1 aliphatic carbocycles. The van der Waals surface area contributed by atoms with Gasteiger partial charge in [0, 0.05) is 11.3 Å². The molecule has 84 valence electrons. The molecule has 2 atom stereocenters. The fraction of sp³-hybridized carbons (Fsp3) is 0.667. The van der Waals surface area contributed by atoms with Crippen molar-refractivity contribution in [3.63, 3.8) is 0 Å². The highest BCUT2D eigenvalue weighted by atomic mass is 79.9. The Bertz CT molecular complexity index is 336. The van der Waals surface area contributed by atoms with Gasteiger partial charge in [0.2, 0.25) is 0 Å². The normalized spacial score (nSPS) is 31.0. The molecule has 1 nitrogen and oxygen atoms in total. The van der Waals surface area contributed by atoms with Crippen molar-refractivity contribution < 1.29 is 5.11 Å². The van der Waals surface area contributed by atoms with E-state index in [9.17, 15) is 5.11 Å². The van der Waals surface area contributed by atoms with Gasteiger partial charge < -0.3 is 5.11 Å². The van der Waals surface area contributed by atoms with Crippen molar-refractivity contribution in [2.75, 3.05) is 0 Å². The van der Waals surface area contributed by atoms with E-state index >= 15 is 0 Å². The highest BCUT2D eigenvalue weighted by molar-refractivity contribution is 9.11. The average molecular weight is 289 g/mol. The average Bonchev–Trinajstić information content (AvgIpc) is 2.74. The first-order chi connectivity index (χ1) is 7.11. The summed E-state index contributed by atoms with van der Waals surface area (Å²) in [5, 5.41) is 10.4. The third-order valence-electron chi connectivity index (χ3n) is 3.40. The summed E-state index contributed by atoms with van der Waals surface area (Å²) in [6.07, 6.45) is 5.19. The monoisotopic (exact) mass is 288 g/mol. The van der Waals surface area contributed by atoms with E-state index in [0.717, 1.165) is 29.0 Å². The molecule has 0 radical (unpaired) electrons. The lowest BCUT2D eigenvalue weighted by atomic mass is 9.95. The van der Waals surface area contributed by atoms with E-state index in [-0.39, 0.29) is 0 Å². The second-order valence-corrected chi connectivity index (χ2v) is 7.17. The molecule has 1 saturated carbocycles. The molecular weight excluding hydrogens is 272 g/mol. The second kappa shape index (κ2) is 4.56. The Morgan fingerprint density at radius 2 is 2.40 bits per heavy atom. The number of hydrogen-bond donors (Lipinski definition) is 1. The van der Waals surface area contributed by atoms with Gasteiger partial charge in [-0.15, -0.1) is 11.3 Å². The highest BCUT2D eigenvalue weighted by Gasteiger charge is 2.36. The Labute approximate surface area is 104 Å². The Balaban J connectivity index is 2.00.